The van der Waals surface area contributed by atoms with Crippen LogP contribution in [0.4, 0.5) is 0 Å². The molecular weight excluding hydrogens is 186 g/mol. The van der Waals surface area contributed by atoms with Gasteiger partial charge in [0.05, 0.1) is 13.0 Å². The van der Waals surface area contributed by atoms with Crippen LogP contribution < -0.4 is 5.32 Å². The number of esters is 1. The number of methoxy groups -OCH3 is 1. The maximum absolute atomic E-state index is 11.5. The molecule has 2 aliphatic heterocycles. The molecule has 0 amide bonds. The Morgan fingerprint density at radius 1 is 1.69 bits per heavy atom. The second-order valence-corrected chi connectivity index (χ2v) is 4.98. The lowest BCUT2D eigenvalue weighted by atomic mass is 9.78. The Morgan fingerprint density at radius 2 is 2.54 bits per heavy atom. The lowest BCUT2D eigenvalue weighted by molar-refractivity contribution is -0.147. The molecule has 2 unspecified atom stereocenters. The van der Waals surface area contributed by atoms with Gasteiger partial charge in [-0.15, -0.1) is 0 Å². The molecule has 0 aromatic carbocycles. The van der Waals surface area contributed by atoms with Gasteiger partial charge in [0, 0.05) is 24.3 Å². The van der Waals surface area contributed by atoms with Gasteiger partial charge in [-0.3, -0.25) is 4.79 Å². The maximum Gasteiger partial charge on any atom is 0.310 e. The molecule has 13 heavy (non-hydrogen) atoms. The smallest absolute Gasteiger partial charge is 0.310 e. The van der Waals surface area contributed by atoms with Crippen LogP contribution in [0, 0.1) is 11.3 Å². The third-order valence-electron chi connectivity index (χ3n) is 3.18. The van der Waals surface area contributed by atoms with Gasteiger partial charge in [-0.25, -0.2) is 0 Å². The first-order chi connectivity index (χ1) is 6.28. The standard InChI is InChI=1S/C9H15NO2S/c1-12-8(11)7-4-10-5-9(7)2-3-13-6-9/h7,10H,2-6H2,1H3. The number of hydrogen-bond donors (Lipinski definition) is 1. The minimum atomic E-state index is -0.0347. The van der Waals surface area contributed by atoms with Crippen LogP contribution >= 0.6 is 11.8 Å². The molecule has 74 valence electrons. The van der Waals surface area contributed by atoms with Crippen LogP contribution in [0.3, 0.4) is 0 Å². The van der Waals surface area contributed by atoms with Gasteiger partial charge in [0.1, 0.15) is 0 Å². The fraction of sp³-hybridized carbons (Fsp3) is 0.889. The predicted molar refractivity (Wildman–Crippen MR) is 52.8 cm³/mol. The van der Waals surface area contributed by atoms with Gasteiger partial charge in [-0.2, -0.15) is 11.8 Å². The van der Waals surface area contributed by atoms with Crippen molar-refractivity contribution in [2.45, 2.75) is 6.42 Å². The molecule has 2 rings (SSSR count). The number of carbonyl (C=O) groups excluding carboxylic acids is 1. The summed E-state index contributed by atoms with van der Waals surface area (Å²) in [4.78, 5) is 11.5. The first-order valence-electron chi connectivity index (χ1n) is 4.65. The number of nitrogens with one attached hydrogen (secondary N) is 1. The van der Waals surface area contributed by atoms with Crippen LogP contribution in [0.1, 0.15) is 6.42 Å². The van der Waals surface area contributed by atoms with Crippen molar-refractivity contribution in [2.24, 2.45) is 11.3 Å². The van der Waals surface area contributed by atoms with Crippen molar-refractivity contribution in [1.29, 1.82) is 0 Å². The number of thioether (sulfide) groups is 1. The quantitative estimate of drug-likeness (QED) is 0.627. The molecule has 2 heterocycles. The SMILES string of the molecule is COC(=O)C1CNCC12CCSC2. The molecule has 1 spiro atoms. The molecule has 0 bridgehead atoms. The highest BCUT2D eigenvalue weighted by Crippen LogP contribution is 2.44. The highest BCUT2D eigenvalue weighted by atomic mass is 32.2. The Balaban J connectivity index is 2.13. The van der Waals surface area contributed by atoms with Crippen LogP contribution in [0.25, 0.3) is 0 Å². The van der Waals surface area contributed by atoms with Gasteiger partial charge in [0.15, 0.2) is 0 Å². The summed E-state index contributed by atoms with van der Waals surface area (Å²) in [6, 6.07) is 0. The topological polar surface area (TPSA) is 38.3 Å². The van der Waals surface area contributed by atoms with Gasteiger partial charge < -0.3 is 10.1 Å². The van der Waals surface area contributed by atoms with Crippen LogP contribution in [0.15, 0.2) is 0 Å². The molecule has 0 radical (unpaired) electrons. The van der Waals surface area contributed by atoms with E-state index in [0.29, 0.717) is 0 Å². The highest BCUT2D eigenvalue weighted by Gasteiger charge is 2.49. The Kier molecular flexibility index (Phi) is 2.51. The van der Waals surface area contributed by atoms with Crippen LogP contribution in [0.5, 0.6) is 0 Å². The second-order valence-electron chi connectivity index (χ2n) is 3.87. The monoisotopic (exact) mass is 201 g/mol. The summed E-state index contributed by atoms with van der Waals surface area (Å²) in [7, 11) is 1.48. The van der Waals surface area contributed by atoms with Crippen molar-refractivity contribution in [2.75, 3.05) is 31.7 Å². The lowest BCUT2D eigenvalue weighted by Gasteiger charge is -2.26. The highest BCUT2D eigenvalue weighted by molar-refractivity contribution is 7.99. The summed E-state index contributed by atoms with van der Waals surface area (Å²) >= 11 is 1.95. The van der Waals surface area contributed by atoms with E-state index in [-0.39, 0.29) is 17.3 Å². The summed E-state index contributed by atoms with van der Waals surface area (Å²) in [6.07, 6.45) is 1.16. The van der Waals surface area contributed by atoms with Crippen LogP contribution in [-0.2, 0) is 9.53 Å². The Hall–Kier alpha value is -0.220. The zero-order chi connectivity index (χ0) is 9.31. The van der Waals surface area contributed by atoms with Crippen molar-refractivity contribution in [1.82, 2.24) is 5.32 Å². The van der Waals surface area contributed by atoms with E-state index in [1.165, 1.54) is 12.9 Å². The van der Waals surface area contributed by atoms with E-state index in [0.717, 1.165) is 25.3 Å². The fourth-order valence-electron chi connectivity index (χ4n) is 2.32. The molecule has 1 N–H and O–H groups in total. The van der Waals surface area contributed by atoms with E-state index < -0.39 is 0 Å². The normalized spacial score (nSPS) is 38.4. The first-order valence-corrected chi connectivity index (χ1v) is 5.80. The van der Waals surface area contributed by atoms with E-state index in [4.69, 9.17) is 4.74 Å². The molecule has 0 aromatic rings. The third kappa shape index (κ3) is 1.46. The summed E-state index contributed by atoms with van der Waals surface area (Å²) in [5.41, 5.74) is 0.206. The van der Waals surface area contributed by atoms with E-state index in [1.807, 2.05) is 11.8 Å². The Labute approximate surface area is 82.6 Å². The van der Waals surface area contributed by atoms with Crippen molar-refractivity contribution < 1.29 is 9.53 Å². The molecule has 2 aliphatic rings. The Bertz CT molecular complexity index is 208. The second kappa shape index (κ2) is 3.50. The van der Waals surface area contributed by atoms with Gasteiger partial charge >= 0.3 is 5.97 Å². The molecule has 0 aromatic heterocycles. The molecule has 0 aliphatic carbocycles. The van der Waals surface area contributed by atoms with Crippen molar-refractivity contribution in [3.05, 3.63) is 0 Å². The first kappa shape index (κ1) is 9.34. The minimum Gasteiger partial charge on any atom is -0.469 e. The zero-order valence-electron chi connectivity index (χ0n) is 7.84. The summed E-state index contributed by atoms with van der Waals surface area (Å²) in [5, 5.41) is 3.31. The number of hydrogen-bond acceptors (Lipinski definition) is 4. The average Bonchev–Trinajstić information content (AvgIpc) is 2.76. The van der Waals surface area contributed by atoms with Gasteiger partial charge in [0.2, 0.25) is 0 Å². The molecule has 0 saturated carbocycles. The van der Waals surface area contributed by atoms with Crippen molar-refractivity contribution >= 4 is 17.7 Å². The van der Waals surface area contributed by atoms with Crippen LogP contribution in [0.2, 0.25) is 0 Å². The van der Waals surface area contributed by atoms with E-state index >= 15 is 0 Å². The maximum atomic E-state index is 11.5. The van der Waals surface area contributed by atoms with Crippen molar-refractivity contribution in [3.8, 4) is 0 Å². The molecular formula is C9H15NO2S. The summed E-state index contributed by atoms with van der Waals surface area (Å²) < 4.78 is 4.83. The van der Waals surface area contributed by atoms with Crippen LogP contribution in [-0.4, -0.2) is 37.7 Å². The van der Waals surface area contributed by atoms with Crippen molar-refractivity contribution in [3.63, 3.8) is 0 Å². The van der Waals surface area contributed by atoms with E-state index in [1.54, 1.807) is 0 Å². The lowest BCUT2D eigenvalue weighted by Crippen LogP contribution is -2.35. The molecule has 2 saturated heterocycles. The average molecular weight is 201 g/mol. The number of carbonyl (C=O) groups is 1. The molecule has 4 heteroatoms. The molecule has 3 nitrogen and oxygen atoms in total. The van der Waals surface area contributed by atoms with Gasteiger partial charge in [-0.1, -0.05) is 0 Å². The summed E-state index contributed by atoms with van der Waals surface area (Å²) in [5.74, 6) is 2.36. The minimum absolute atomic E-state index is 0.0347. The van der Waals surface area contributed by atoms with Gasteiger partial charge in [0.25, 0.3) is 0 Å². The molecule has 2 atom stereocenters. The summed E-state index contributed by atoms with van der Waals surface area (Å²) in [6.45, 7) is 1.78. The zero-order valence-corrected chi connectivity index (χ0v) is 8.65. The number of rotatable bonds is 1. The predicted octanol–water partition coefficient (Wildman–Crippen LogP) is 0.502. The van der Waals surface area contributed by atoms with E-state index in [9.17, 15) is 4.79 Å². The number of ether oxygens (including phenoxy) is 1. The van der Waals surface area contributed by atoms with Gasteiger partial charge in [-0.05, 0) is 12.2 Å². The van der Waals surface area contributed by atoms with E-state index in [2.05, 4.69) is 5.32 Å². The third-order valence-corrected chi connectivity index (χ3v) is 4.46. The molecule has 2 fully saturated rings. The fourth-order valence-corrected chi connectivity index (χ4v) is 3.87. The largest absolute Gasteiger partial charge is 0.469 e. The Morgan fingerprint density at radius 3 is 3.15 bits per heavy atom.